The van der Waals surface area contributed by atoms with Gasteiger partial charge in [0.25, 0.3) is 0 Å². The molecule has 0 bridgehead atoms. The summed E-state index contributed by atoms with van der Waals surface area (Å²) in [7, 11) is 1.41. The molecule has 1 aliphatic rings. The first-order valence-corrected chi connectivity index (χ1v) is 10.5. The number of hydrogen-bond acceptors (Lipinski definition) is 5. The maximum absolute atomic E-state index is 14.4. The van der Waals surface area contributed by atoms with E-state index in [1.54, 1.807) is 11.0 Å². The van der Waals surface area contributed by atoms with Gasteiger partial charge >= 0.3 is 0 Å². The van der Waals surface area contributed by atoms with E-state index in [1.165, 1.54) is 19.2 Å². The zero-order chi connectivity index (χ0) is 22.4. The minimum Gasteiger partial charge on any atom is -0.494 e. The van der Waals surface area contributed by atoms with E-state index in [9.17, 15) is 9.18 Å². The van der Waals surface area contributed by atoms with Crippen molar-refractivity contribution in [2.45, 2.75) is 39.2 Å². The maximum atomic E-state index is 14.4. The number of carbonyl (C=O) groups excluding carboxylic acids is 1. The van der Waals surface area contributed by atoms with Crippen molar-refractivity contribution in [1.29, 1.82) is 0 Å². The molecular weight excluding hydrogens is 411 g/mol. The number of rotatable bonds is 4. The van der Waals surface area contributed by atoms with Crippen LogP contribution in [0.25, 0.3) is 22.2 Å². The monoisotopic (exact) mass is 434 g/mol. The van der Waals surface area contributed by atoms with Gasteiger partial charge in [0.05, 0.1) is 29.9 Å². The average molecular weight is 434 g/mol. The number of hydrogen-bond donors (Lipinski definition) is 1. The number of H-pyrrole nitrogens is 1. The van der Waals surface area contributed by atoms with E-state index in [0.29, 0.717) is 17.9 Å². The van der Waals surface area contributed by atoms with Crippen LogP contribution in [0.4, 0.5) is 10.1 Å². The van der Waals surface area contributed by atoms with Gasteiger partial charge in [-0.25, -0.2) is 9.37 Å². The van der Waals surface area contributed by atoms with Crippen LogP contribution in [0.5, 0.6) is 5.75 Å². The Balaban J connectivity index is 1.55. The number of halogens is 1. The van der Waals surface area contributed by atoms with Gasteiger partial charge in [0, 0.05) is 23.7 Å². The highest BCUT2D eigenvalue weighted by Crippen LogP contribution is 2.37. The zero-order valence-corrected chi connectivity index (χ0v) is 18.1. The first-order chi connectivity index (χ1) is 15.5. The lowest BCUT2D eigenvalue weighted by Crippen LogP contribution is -2.38. The molecule has 3 heterocycles. The van der Waals surface area contributed by atoms with Gasteiger partial charge in [0.1, 0.15) is 11.6 Å². The number of piperidine rings is 1. The lowest BCUT2D eigenvalue weighted by Gasteiger charge is -2.34. The molecule has 4 aromatic rings. The summed E-state index contributed by atoms with van der Waals surface area (Å²) in [5, 5.41) is 4.04. The average Bonchev–Trinajstić information content (AvgIpc) is 3.35. The Morgan fingerprint density at radius 3 is 2.78 bits per heavy atom. The topological polar surface area (TPSA) is 84.2 Å². The standard InChI is InChI=1S/C24H23FN4O3/c1-13-23(14(2)32-28-13)15-7-9-18-19(11-15)27-24(26-18)20-5-4-6-22(30)29(20)16-8-10-21(31-3)17(25)12-16/h7-12,20H,4-6H2,1-3H3,(H,26,27)/t20-/m0/s1. The van der Waals surface area contributed by atoms with Crippen LogP contribution in [-0.4, -0.2) is 28.1 Å². The predicted octanol–water partition coefficient (Wildman–Crippen LogP) is 5.24. The molecule has 1 fully saturated rings. The van der Waals surface area contributed by atoms with Crippen LogP contribution in [0.2, 0.25) is 0 Å². The van der Waals surface area contributed by atoms with Crippen LogP contribution in [0.1, 0.15) is 42.6 Å². The Hall–Kier alpha value is -3.68. The zero-order valence-electron chi connectivity index (χ0n) is 18.1. The summed E-state index contributed by atoms with van der Waals surface area (Å²) in [6.07, 6.45) is 1.90. The molecule has 32 heavy (non-hydrogen) atoms. The molecule has 2 aromatic carbocycles. The Labute approximate surface area is 184 Å². The molecule has 1 amide bonds. The van der Waals surface area contributed by atoms with Crippen LogP contribution in [0.15, 0.2) is 40.9 Å². The van der Waals surface area contributed by atoms with Gasteiger partial charge in [0.2, 0.25) is 5.91 Å². The fourth-order valence-electron chi connectivity index (χ4n) is 4.50. The highest BCUT2D eigenvalue weighted by Gasteiger charge is 2.33. The van der Waals surface area contributed by atoms with E-state index in [1.807, 2.05) is 32.0 Å². The van der Waals surface area contributed by atoms with Crippen molar-refractivity contribution in [2.24, 2.45) is 0 Å². The summed E-state index contributed by atoms with van der Waals surface area (Å²) in [4.78, 5) is 22.6. The third-order valence-corrected chi connectivity index (χ3v) is 6.00. The van der Waals surface area contributed by atoms with E-state index in [-0.39, 0.29) is 17.7 Å². The molecule has 1 atom stereocenters. The van der Waals surface area contributed by atoms with Gasteiger partial charge in [-0.2, -0.15) is 0 Å². The highest BCUT2D eigenvalue weighted by atomic mass is 19.1. The molecular formula is C24H23FN4O3. The number of nitrogens with zero attached hydrogens (tertiary/aromatic N) is 3. The molecule has 0 aliphatic carbocycles. The van der Waals surface area contributed by atoms with E-state index < -0.39 is 5.82 Å². The minimum absolute atomic E-state index is 0.0531. The fourth-order valence-corrected chi connectivity index (χ4v) is 4.50. The molecule has 1 saturated heterocycles. The van der Waals surface area contributed by atoms with Crippen molar-refractivity contribution in [3.8, 4) is 16.9 Å². The molecule has 0 saturated carbocycles. The summed E-state index contributed by atoms with van der Waals surface area (Å²) in [5.41, 5.74) is 4.93. The van der Waals surface area contributed by atoms with Gasteiger partial charge in [-0.1, -0.05) is 11.2 Å². The summed E-state index contributed by atoms with van der Waals surface area (Å²) in [6, 6.07) is 10.2. The smallest absolute Gasteiger partial charge is 0.227 e. The second kappa shape index (κ2) is 7.78. The number of ether oxygens (including phenoxy) is 1. The molecule has 0 spiro atoms. The van der Waals surface area contributed by atoms with E-state index >= 15 is 0 Å². The summed E-state index contributed by atoms with van der Waals surface area (Å²) in [6.45, 7) is 3.80. The van der Waals surface area contributed by atoms with E-state index in [0.717, 1.165) is 46.5 Å². The van der Waals surface area contributed by atoms with Crippen LogP contribution >= 0.6 is 0 Å². The number of benzene rings is 2. The number of carbonyl (C=O) groups is 1. The Morgan fingerprint density at radius 2 is 2.06 bits per heavy atom. The molecule has 7 nitrogen and oxygen atoms in total. The maximum Gasteiger partial charge on any atom is 0.227 e. The van der Waals surface area contributed by atoms with Crippen LogP contribution in [0, 0.1) is 19.7 Å². The number of imidazole rings is 1. The van der Waals surface area contributed by atoms with Gasteiger partial charge < -0.3 is 19.1 Å². The molecule has 5 rings (SSSR count). The van der Waals surface area contributed by atoms with Crippen molar-refractivity contribution in [2.75, 3.05) is 12.0 Å². The lowest BCUT2D eigenvalue weighted by atomic mass is 10.00. The largest absolute Gasteiger partial charge is 0.494 e. The van der Waals surface area contributed by atoms with Crippen LogP contribution < -0.4 is 9.64 Å². The lowest BCUT2D eigenvalue weighted by molar-refractivity contribution is -0.120. The quantitative estimate of drug-likeness (QED) is 0.475. The van der Waals surface area contributed by atoms with Crippen LogP contribution in [0.3, 0.4) is 0 Å². The third-order valence-electron chi connectivity index (χ3n) is 6.00. The molecule has 2 aromatic heterocycles. The van der Waals surface area contributed by atoms with Crippen molar-refractivity contribution < 1.29 is 18.4 Å². The minimum atomic E-state index is -0.504. The number of nitrogens with one attached hydrogen (secondary N) is 1. The Bertz CT molecular complexity index is 1310. The number of methoxy groups -OCH3 is 1. The second-order valence-corrected chi connectivity index (χ2v) is 8.04. The van der Waals surface area contributed by atoms with Crippen molar-refractivity contribution in [3.05, 3.63) is 59.5 Å². The SMILES string of the molecule is COc1ccc(N2C(=O)CCC[C@H]2c2nc3ccc(-c4c(C)noc4C)cc3[nH]2)cc1F. The summed E-state index contributed by atoms with van der Waals surface area (Å²) < 4.78 is 24.7. The van der Waals surface area contributed by atoms with E-state index in [4.69, 9.17) is 14.2 Å². The number of aromatic amines is 1. The number of aryl methyl sites for hydroxylation is 2. The first-order valence-electron chi connectivity index (χ1n) is 10.5. The van der Waals surface area contributed by atoms with Gasteiger partial charge in [-0.15, -0.1) is 0 Å². The van der Waals surface area contributed by atoms with Crippen molar-refractivity contribution in [1.82, 2.24) is 15.1 Å². The summed E-state index contributed by atoms with van der Waals surface area (Å²) in [5.74, 6) is 1.02. The molecule has 164 valence electrons. The van der Waals surface area contributed by atoms with Gasteiger partial charge in [0.15, 0.2) is 11.6 Å². The molecule has 0 unspecified atom stereocenters. The van der Waals surface area contributed by atoms with Crippen molar-refractivity contribution in [3.63, 3.8) is 0 Å². The second-order valence-electron chi connectivity index (χ2n) is 8.04. The number of amides is 1. The highest BCUT2D eigenvalue weighted by molar-refractivity contribution is 5.95. The molecule has 0 radical (unpaired) electrons. The fraction of sp³-hybridized carbons (Fsp3) is 0.292. The molecule has 1 aliphatic heterocycles. The normalized spacial score (nSPS) is 16.7. The molecule has 1 N–H and O–H groups in total. The summed E-state index contributed by atoms with van der Waals surface area (Å²) >= 11 is 0. The van der Waals surface area contributed by atoms with Crippen molar-refractivity contribution >= 4 is 22.6 Å². The molecule has 8 heteroatoms. The third kappa shape index (κ3) is 3.32. The number of anilines is 1. The first kappa shape index (κ1) is 20.2. The predicted molar refractivity (Wildman–Crippen MR) is 118 cm³/mol. The van der Waals surface area contributed by atoms with E-state index in [2.05, 4.69) is 10.1 Å². The van der Waals surface area contributed by atoms with Gasteiger partial charge in [-0.3, -0.25) is 4.79 Å². The Morgan fingerprint density at radius 1 is 1.22 bits per heavy atom. The number of aromatic nitrogens is 3. The van der Waals surface area contributed by atoms with Crippen LogP contribution in [-0.2, 0) is 4.79 Å². The Kier molecular flexibility index (Phi) is 4.92. The van der Waals surface area contributed by atoms with Gasteiger partial charge in [-0.05, 0) is 56.5 Å². The number of fused-ring (bicyclic) bond motifs is 1.